The molecule has 0 aliphatic carbocycles. The van der Waals surface area contributed by atoms with E-state index in [4.69, 9.17) is 15.2 Å². The van der Waals surface area contributed by atoms with Crippen LogP contribution in [0.25, 0.3) is 22.3 Å². The van der Waals surface area contributed by atoms with Gasteiger partial charge in [0, 0.05) is 16.8 Å². The molecule has 0 atom stereocenters. The van der Waals surface area contributed by atoms with Crippen molar-refractivity contribution < 1.29 is 9.47 Å². The van der Waals surface area contributed by atoms with E-state index >= 15 is 0 Å². The highest BCUT2D eigenvalue weighted by molar-refractivity contribution is 5.91. The number of nitrogen functional groups attached to an aromatic ring is 1. The zero-order valence-electron chi connectivity index (χ0n) is 18.0. The molecule has 5 nitrogen and oxygen atoms in total. The summed E-state index contributed by atoms with van der Waals surface area (Å²) in [4.78, 5) is 4.43. The molecule has 3 aromatic carbocycles. The van der Waals surface area contributed by atoms with E-state index in [0.29, 0.717) is 23.7 Å². The minimum Gasteiger partial charge on any atom is -0.493 e. The highest BCUT2D eigenvalue weighted by atomic mass is 16.5. The van der Waals surface area contributed by atoms with Crippen LogP contribution in [0, 0.1) is 18.3 Å². The summed E-state index contributed by atoms with van der Waals surface area (Å²) in [6.07, 6.45) is 0. The number of benzene rings is 3. The van der Waals surface area contributed by atoms with Gasteiger partial charge < -0.3 is 15.2 Å². The van der Waals surface area contributed by atoms with Crippen LogP contribution < -0.4 is 15.2 Å². The number of aromatic nitrogens is 1. The molecule has 0 amide bonds. The average molecular weight is 422 g/mol. The van der Waals surface area contributed by atoms with Gasteiger partial charge in [-0.15, -0.1) is 0 Å². The monoisotopic (exact) mass is 421 g/mol. The fraction of sp³-hybridized carbons (Fsp3) is 0.111. The molecule has 2 N–H and O–H groups in total. The lowest BCUT2D eigenvalue weighted by Gasteiger charge is -2.18. The van der Waals surface area contributed by atoms with Crippen molar-refractivity contribution in [2.75, 3.05) is 12.8 Å². The summed E-state index contributed by atoms with van der Waals surface area (Å²) in [6, 6.07) is 27.7. The van der Waals surface area contributed by atoms with Gasteiger partial charge in [-0.2, -0.15) is 5.26 Å². The van der Waals surface area contributed by atoms with Crippen LogP contribution in [0.15, 0.2) is 78.9 Å². The first-order chi connectivity index (χ1) is 15.6. The molecule has 0 unspecified atom stereocenters. The lowest BCUT2D eigenvalue weighted by Crippen LogP contribution is -2.04. The Kier molecular flexibility index (Phi) is 6.05. The topological polar surface area (TPSA) is 81.2 Å². The van der Waals surface area contributed by atoms with Crippen molar-refractivity contribution in [1.82, 2.24) is 4.98 Å². The van der Waals surface area contributed by atoms with Crippen LogP contribution in [0.4, 0.5) is 5.82 Å². The molecule has 0 radical (unpaired) electrons. The van der Waals surface area contributed by atoms with Crippen LogP contribution >= 0.6 is 0 Å². The first kappa shape index (κ1) is 21.0. The molecule has 0 saturated carbocycles. The van der Waals surface area contributed by atoms with Gasteiger partial charge in [0.2, 0.25) is 0 Å². The maximum Gasteiger partial charge on any atom is 0.161 e. The number of methoxy groups -OCH3 is 1. The van der Waals surface area contributed by atoms with Crippen LogP contribution in [-0.2, 0) is 6.61 Å². The van der Waals surface area contributed by atoms with E-state index in [-0.39, 0.29) is 5.82 Å². The summed E-state index contributed by atoms with van der Waals surface area (Å²) < 4.78 is 11.6. The molecule has 0 aliphatic rings. The lowest BCUT2D eigenvalue weighted by molar-refractivity contribution is 0.284. The number of hydrogen-bond donors (Lipinski definition) is 1. The molecule has 0 aliphatic heterocycles. The van der Waals surface area contributed by atoms with E-state index in [2.05, 4.69) is 11.1 Å². The Hall–Kier alpha value is -4.30. The lowest BCUT2D eigenvalue weighted by atomic mass is 9.90. The molecular weight excluding hydrogens is 398 g/mol. The molecule has 0 fully saturated rings. The van der Waals surface area contributed by atoms with Crippen LogP contribution in [0.1, 0.15) is 16.8 Å². The highest BCUT2D eigenvalue weighted by Gasteiger charge is 2.20. The van der Waals surface area contributed by atoms with Gasteiger partial charge in [-0.1, -0.05) is 66.7 Å². The smallest absolute Gasteiger partial charge is 0.161 e. The van der Waals surface area contributed by atoms with Crippen molar-refractivity contribution in [2.45, 2.75) is 13.5 Å². The maximum absolute atomic E-state index is 9.89. The van der Waals surface area contributed by atoms with Crippen molar-refractivity contribution in [3.63, 3.8) is 0 Å². The number of ether oxygens (including phenoxy) is 2. The van der Waals surface area contributed by atoms with Crippen molar-refractivity contribution in [2.24, 2.45) is 0 Å². The highest BCUT2D eigenvalue weighted by Crippen LogP contribution is 2.41. The van der Waals surface area contributed by atoms with Gasteiger partial charge in [0.15, 0.2) is 11.5 Å². The van der Waals surface area contributed by atoms with Gasteiger partial charge in [-0.05, 0) is 35.7 Å². The predicted octanol–water partition coefficient (Wildman–Crippen LogP) is 5.77. The van der Waals surface area contributed by atoms with Crippen LogP contribution in [0.5, 0.6) is 11.5 Å². The second-order valence-electron chi connectivity index (χ2n) is 7.33. The second-order valence-corrected chi connectivity index (χ2v) is 7.33. The Balaban J connectivity index is 1.82. The van der Waals surface area contributed by atoms with Gasteiger partial charge in [0.1, 0.15) is 24.1 Å². The second kappa shape index (κ2) is 9.23. The minimum absolute atomic E-state index is 0.211. The molecule has 0 spiro atoms. The quantitative estimate of drug-likeness (QED) is 0.428. The van der Waals surface area contributed by atoms with E-state index in [1.165, 1.54) is 0 Å². The summed E-state index contributed by atoms with van der Waals surface area (Å²) in [5, 5.41) is 9.89. The Morgan fingerprint density at radius 1 is 0.875 bits per heavy atom. The number of aryl methyl sites for hydroxylation is 1. The van der Waals surface area contributed by atoms with E-state index in [9.17, 15) is 5.26 Å². The first-order valence-electron chi connectivity index (χ1n) is 10.2. The number of anilines is 1. The number of pyridine rings is 1. The van der Waals surface area contributed by atoms with Crippen molar-refractivity contribution >= 4 is 5.82 Å². The zero-order chi connectivity index (χ0) is 22.5. The third kappa shape index (κ3) is 4.12. The van der Waals surface area contributed by atoms with E-state index < -0.39 is 0 Å². The molecule has 4 aromatic rings. The average Bonchev–Trinajstić information content (AvgIpc) is 2.83. The Morgan fingerprint density at radius 3 is 2.22 bits per heavy atom. The van der Waals surface area contributed by atoms with Crippen LogP contribution in [-0.4, -0.2) is 12.1 Å². The fourth-order valence-corrected chi connectivity index (χ4v) is 3.76. The number of nitrogens with two attached hydrogens (primary N) is 1. The normalized spacial score (nSPS) is 10.4. The number of rotatable bonds is 6. The van der Waals surface area contributed by atoms with Crippen molar-refractivity contribution in [3.8, 4) is 39.8 Å². The number of hydrogen-bond acceptors (Lipinski definition) is 5. The fourth-order valence-electron chi connectivity index (χ4n) is 3.76. The van der Waals surface area contributed by atoms with Gasteiger partial charge in [-0.25, -0.2) is 4.98 Å². The Labute approximate surface area is 187 Å². The Bertz CT molecular complexity index is 1280. The largest absolute Gasteiger partial charge is 0.493 e. The molecule has 1 heterocycles. The molecule has 0 saturated heterocycles. The van der Waals surface area contributed by atoms with Gasteiger partial charge in [0.25, 0.3) is 0 Å². The summed E-state index contributed by atoms with van der Waals surface area (Å²) in [6.45, 7) is 2.33. The summed E-state index contributed by atoms with van der Waals surface area (Å²) in [5.74, 6) is 1.41. The van der Waals surface area contributed by atoms with E-state index in [1.807, 2.05) is 85.8 Å². The predicted molar refractivity (Wildman–Crippen MR) is 126 cm³/mol. The van der Waals surface area contributed by atoms with Crippen LogP contribution in [0.2, 0.25) is 0 Å². The zero-order valence-corrected chi connectivity index (χ0v) is 18.0. The molecule has 0 bridgehead atoms. The van der Waals surface area contributed by atoms with Gasteiger partial charge in [0.05, 0.1) is 7.11 Å². The number of nitrogens with zero attached hydrogens (tertiary/aromatic N) is 2. The molecule has 5 heteroatoms. The third-order valence-corrected chi connectivity index (χ3v) is 5.27. The van der Waals surface area contributed by atoms with Gasteiger partial charge in [-0.3, -0.25) is 0 Å². The minimum atomic E-state index is 0.211. The third-order valence-electron chi connectivity index (χ3n) is 5.27. The SMILES string of the molecule is COc1cc(-c2c(C#N)c(N)nc(C)c2-c2ccccc2)ccc1OCc1ccccc1. The maximum atomic E-state index is 9.89. The summed E-state index contributed by atoms with van der Waals surface area (Å²) >= 11 is 0. The van der Waals surface area contributed by atoms with E-state index in [1.54, 1.807) is 7.11 Å². The van der Waals surface area contributed by atoms with Crippen molar-refractivity contribution in [3.05, 3.63) is 95.7 Å². The van der Waals surface area contributed by atoms with Crippen molar-refractivity contribution in [1.29, 1.82) is 5.26 Å². The Morgan fingerprint density at radius 2 is 1.56 bits per heavy atom. The molecule has 32 heavy (non-hydrogen) atoms. The molecule has 158 valence electrons. The standard InChI is InChI=1S/C27H23N3O2/c1-18-25(20-11-7-4-8-12-20)26(22(16-28)27(29)30-18)21-13-14-23(24(15-21)31-2)32-17-19-9-5-3-6-10-19/h3-15H,17H2,1-2H3,(H2,29,30). The van der Waals surface area contributed by atoms with Crippen LogP contribution in [0.3, 0.4) is 0 Å². The summed E-state index contributed by atoms with van der Waals surface area (Å²) in [7, 11) is 1.60. The molecular formula is C27H23N3O2. The first-order valence-corrected chi connectivity index (χ1v) is 10.2. The molecule has 1 aromatic heterocycles. The summed E-state index contributed by atoms with van der Waals surface area (Å²) in [5.41, 5.74) is 11.7. The molecule has 4 rings (SSSR count). The number of nitriles is 1. The van der Waals surface area contributed by atoms with E-state index in [0.717, 1.165) is 33.5 Å². The van der Waals surface area contributed by atoms with Gasteiger partial charge >= 0.3 is 0 Å².